The summed E-state index contributed by atoms with van der Waals surface area (Å²) in [4.78, 5) is 37.0. The zero-order chi connectivity index (χ0) is 26.0. The number of aliphatic hydroxyl groups is 1. The van der Waals surface area contributed by atoms with Crippen LogP contribution in [0.4, 0.5) is 24.5 Å². The first-order valence-electron chi connectivity index (χ1n) is 11.3. The Balaban J connectivity index is 1.76. The molecule has 1 aromatic carbocycles. The highest BCUT2D eigenvalue weighted by Gasteiger charge is 2.31. The van der Waals surface area contributed by atoms with Gasteiger partial charge in [-0.15, -0.1) is 0 Å². The minimum atomic E-state index is -4.57. The predicted octanol–water partition coefficient (Wildman–Crippen LogP) is 2.57. The van der Waals surface area contributed by atoms with E-state index in [4.69, 9.17) is 11.6 Å². The van der Waals surface area contributed by atoms with Crippen LogP contribution in [0.15, 0.2) is 29.2 Å². The van der Waals surface area contributed by atoms with Gasteiger partial charge >= 0.3 is 6.18 Å². The third-order valence-electron chi connectivity index (χ3n) is 5.89. The second-order valence-corrected chi connectivity index (χ2v) is 8.64. The van der Waals surface area contributed by atoms with Crippen molar-refractivity contribution >= 4 is 40.0 Å². The van der Waals surface area contributed by atoms with E-state index in [1.54, 1.807) is 4.57 Å². The highest BCUT2D eigenvalue weighted by molar-refractivity contribution is 6.33. The maximum Gasteiger partial charge on any atom is 0.416 e. The number of aliphatic hydroxyl groups excluding tert-OH is 1. The van der Waals surface area contributed by atoms with Crippen molar-refractivity contribution in [2.24, 2.45) is 0 Å². The molecule has 3 heterocycles. The van der Waals surface area contributed by atoms with E-state index in [1.165, 1.54) is 6.20 Å². The monoisotopic (exact) mass is 524 g/mol. The Bertz CT molecular complexity index is 1360. The molecule has 36 heavy (non-hydrogen) atoms. The van der Waals surface area contributed by atoms with Crippen LogP contribution in [0, 0.1) is 0 Å². The number of pyridine rings is 1. The van der Waals surface area contributed by atoms with E-state index in [-0.39, 0.29) is 39.5 Å². The Kier molecular flexibility index (Phi) is 7.48. The maximum absolute atomic E-state index is 13.5. The molecule has 2 aromatic heterocycles. The normalized spacial score (nSPS) is 14.3. The number of benzene rings is 1. The van der Waals surface area contributed by atoms with Gasteiger partial charge in [-0.05, 0) is 24.6 Å². The first-order valence-corrected chi connectivity index (χ1v) is 11.7. The molecule has 0 saturated carbocycles. The Labute approximate surface area is 208 Å². The molecular weight excluding hydrogens is 501 g/mol. The van der Waals surface area contributed by atoms with Gasteiger partial charge in [0.05, 0.1) is 34.8 Å². The second-order valence-electron chi connectivity index (χ2n) is 8.23. The van der Waals surface area contributed by atoms with Gasteiger partial charge in [0, 0.05) is 31.9 Å². The van der Waals surface area contributed by atoms with Gasteiger partial charge in [0.15, 0.2) is 11.2 Å². The molecule has 3 aromatic rings. The lowest BCUT2D eigenvalue weighted by atomic mass is 10.1. The number of fused-ring (bicyclic) bond motifs is 1. The lowest BCUT2D eigenvalue weighted by Gasteiger charge is -2.31. The quantitative estimate of drug-likeness (QED) is 0.454. The fourth-order valence-electron chi connectivity index (χ4n) is 4.21. The molecule has 1 aliphatic heterocycles. The van der Waals surface area contributed by atoms with Crippen LogP contribution in [0.2, 0.25) is 5.02 Å². The van der Waals surface area contributed by atoms with Gasteiger partial charge in [-0.1, -0.05) is 18.5 Å². The zero-order valence-corrected chi connectivity index (χ0v) is 20.1. The lowest BCUT2D eigenvalue weighted by Crippen LogP contribution is -2.46. The number of aromatic nitrogens is 3. The fourth-order valence-corrected chi connectivity index (χ4v) is 4.44. The van der Waals surface area contributed by atoms with Crippen LogP contribution in [0.3, 0.4) is 0 Å². The Hall–Kier alpha value is -3.22. The van der Waals surface area contributed by atoms with E-state index in [1.807, 2.05) is 11.8 Å². The largest absolute Gasteiger partial charge is 0.416 e. The second kappa shape index (κ2) is 10.4. The van der Waals surface area contributed by atoms with Crippen molar-refractivity contribution in [3.05, 3.63) is 56.6 Å². The number of hydrogen-bond acceptors (Lipinski definition) is 7. The number of alkyl halides is 3. The molecule has 0 unspecified atom stereocenters. The number of nitrogens with one attached hydrogen (secondary N) is 2. The van der Waals surface area contributed by atoms with Gasteiger partial charge in [0.25, 0.3) is 0 Å². The maximum atomic E-state index is 13.5. The topological polar surface area (TPSA) is 112 Å². The predicted molar refractivity (Wildman–Crippen MR) is 129 cm³/mol. The van der Waals surface area contributed by atoms with Gasteiger partial charge in [0.2, 0.25) is 11.3 Å². The first-order chi connectivity index (χ1) is 17.1. The number of halogens is 4. The van der Waals surface area contributed by atoms with Gasteiger partial charge in [-0.3, -0.25) is 9.59 Å². The van der Waals surface area contributed by atoms with Crippen LogP contribution in [0.5, 0.6) is 0 Å². The number of rotatable bonds is 6. The molecule has 1 saturated heterocycles. The summed E-state index contributed by atoms with van der Waals surface area (Å²) < 4.78 is 40.4. The zero-order valence-electron chi connectivity index (χ0n) is 19.3. The fraction of sp³-hybridized carbons (Fsp3) is 0.391. The molecule has 0 spiro atoms. The van der Waals surface area contributed by atoms with Crippen molar-refractivity contribution in [2.45, 2.75) is 32.7 Å². The molecule has 0 atom stereocenters. The molecule has 1 amide bonds. The average Bonchev–Trinajstić information content (AvgIpc) is 2.86. The van der Waals surface area contributed by atoms with Crippen LogP contribution in [-0.4, -0.2) is 51.7 Å². The summed E-state index contributed by atoms with van der Waals surface area (Å²) in [5.74, 6) is -0.574. The number of carbonyl (C=O) groups is 1. The van der Waals surface area contributed by atoms with Crippen LogP contribution >= 0.6 is 11.6 Å². The molecule has 0 radical (unpaired) electrons. The Morgan fingerprint density at radius 1 is 1.28 bits per heavy atom. The number of hydrogen-bond donors (Lipinski definition) is 3. The number of piperazine rings is 1. The van der Waals surface area contributed by atoms with E-state index in [0.717, 1.165) is 18.2 Å². The summed E-state index contributed by atoms with van der Waals surface area (Å²) in [6.07, 6.45) is -2.83. The molecular formula is C23H24ClF3N6O3. The molecule has 0 bridgehead atoms. The number of anilines is 2. The molecule has 192 valence electrons. The molecule has 3 N–H and O–H groups in total. The summed E-state index contributed by atoms with van der Waals surface area (Å²) in [5.41, 5.74) is 0.145. The Morgan fingerprint density at radius 2 is 2.00 bits per heavy atom. The van der Waals surface area contributed by atoms with Crippen molar-refractivity contribution < 1.29 is 23.1 Å². The van der Waals surface area contributed by atoms with Gasteiger partial charge in [-0.25, -0.2) is 9.97 Å². The van der Waals surface area contributed by atoms with Crippen molar-refractivity contribution in [2.75, 3.05) is 36.4 Å². The van der Waals surface area contributed by atoms with Crippen LogP contribution in [0.25, 0.3) is 11.2 Å². The minimum Gasteiger partial charge on any atom is -0.390 e. The first kappa shape index (κ1) is 25.9. The summed E-state index contributed by atoms with van der Waals surface area (Å²) in [7, 11) is 0. The smallest absolute Gasteiger partial charge is 0.390 e. The van der Waals surface area contributed by atoms with E-state index < -0.39 is 24.3 Å². The van der Waals surface area contributed by atoms with Crippen molar-refractivity contribution in [1.82, 2.24) is 19.9 Å². The summed E-state index contributed by atoms with van der Waals surface area (Å²) in [5, 5.41) is 15.0. The van der Waals surface area contributed by atoms with Crippen LogP contribution < -0.4 is 21.0 Å². The number of nitrogens with zero attached hydrogens (tertiary/aromatic N) is 4. The molecule has 0 aliphatic carbocycles. The summed E-state index contributed by atoms with van der Waals surface area (Å²) in [6.45, 7) is 3.66. The van der Waals surface area contributed by atoms with Gasteiger partial charge < -0.3 is 25.2 Å². The molecule has 1 aliphatic rings. The highest BCUT2D eigenvalue weighted by Crippen LogP contribution is 2.34. The molecule has 13 heteroatoms. The third kappa shape index (κ3) is 5.15. The standard InChI is InChI=1S/C23H24ClF3N6O3/c1-2-17-20(32-7-5-28-6-8-32)21(36)19-22(29-10-14(12-34)30-19)33(17)11-18(35)31-16-4-3-13(9-15(16)24)23(25,26)27/h3-4,9-10,28,34H,2,5-8,11-12H2,1H3,(H,31,35). The van der Waals surface area contributed by atoms with Crippen molar-refractivity contribution in [3.8, 4) is 0 Å². The average molecular weight is 525 g/mol. The van der Waals surface area contributed by atoms with Crippen molar-refractivity contribution in [1.29, 1.82) is 0 Å². The Morgan fingerprint density at radius 3 is 2.61 bits per heavy atom. The van der Waals surface area contributed by atoms with Crippen LogP contribution in [-0.2, 0) is 30.5 Å². The van der Waals surface area contributed by atoms with Gasteiger partial charge in [0.1, 0.15) is 12.2 Å². The van der Waals surface area contributed by atoms with E-state index in [0.29, 0.717) is 44.0 Å². The SMILES string of the molecule is CCc1c(N2CCNCC2)c(=O)c2nc(CO)cnc2n1CC(=O)Nc1ccc(C(F)(F)F)cc1Cl. The third-order valence-corrected chi connectivity index (χ3v) is 6.20. The highest BCUT2D eigenvalue weighted by atomic mass is 35.5. The van der Waals surface area contributed by atoms with E-state index in [9.17, 15) is 27.9 Å². The molecule has 1 fully saturated rings. The van der Waals surface area contributed by atoms with Crippen molar-refractivity contribution in [3.63, 3.8) is 0 Å². The summed E-state index contributed by atoms with van der Waals surface area (Å²) in [6, 6.07) is 2.67. The lowest BCUT2D eigenvalue weighted by molar-refractivity contribution is -0.137. The van der Waals surface area contributed by atoms with Crippen LogP contribution in [0.1, 0.15) is 23.9 Å². The summed E-state index contributed by atoms with van der Waals surface area (Å²) >= 11 is 6.00. The van der Waals surface area contributed by atoms with E-state index >= 15 is 0 Å². The molecule has 9 nitrogen and oxygen atoms in total. The van der Waals surface area contributed by atoms with E-state index in [2.05, 4.69) is 20.6 Å². The minimum absolute atomic E-state index is 0.0210. The number of amides is 1. The van der Waals surface area contributed by atoms with Gasteiger partial charge in [-0.2, -0.15) is 13.2 Å². The number of carbonyl (C=O) groups excluding carboxylic acids is 1. The molecule has 4 rings (SSSR count).